The molecule has 0 fully saturated rings. The fraction of sp³-hybridized carbons (Fsp3) is 0.300. The monoisotopic (exact) mass is 254 g/mol. The van der Waals surface area contributed by atoms with Crippen molar-refractivity contribution in [2.24, 2.45) is 5.73 Å². The quantitative estimate of drug-likeness (QED) is 0.896. The van der Waals surface area contributed by atoms with Gasteiger partial charge in [0.05, 0.1) is 0 Å². The Bertz CT molecular complexity index is 450. The van der Waals surface area contributed by atoms with Crippen LogP contribution >= 0.6 is 15.9 Å². The van der Waals surface area contributed by atoms with Crippen LogP contribution in [0.4, 0.5) is 0 Å². The minimum atomic E-state index is 0.0924. The molecule has 2 rings (SSSR count). The van der Waals surface area contributed by atoms with E-state index in [1.807, 2.05) is 25.1 Å². The average molecular weight is 255 g/mol. The molecule has 1 unspecified atom stereocenters. The first-order valence-electron chi connectivity index (χ1n) is 4.46. The largest absolute Gasteiger partial charge is 0.360 e. The fourth-order valence-electron chi connectivity index (χ4n) is 1.41. The maximum atomic E-state index is 5.71. The second kappa shape index (κ2) is 3.71. The normalized spacial score (nSPS) is 13.4. The van der Waals surface area contributed by atoms with Crippen LogP contribution in [0.25, 0.3) is 10.9 Å². The summed E-state index contributed by atoms with van der Waals surface area (Å²) in [5.74, 6) is 0.863. The van der Waals surface area contributed by atoms with Crippen LogP contribution in [0.3, 0.4) is 0 Å². The SMILES string of the molecule is CC(N)Cc1onc2cc(Br)ccc12. The zero-order chi connectivity index (χ0) is 10.1. The lowest BCUT2D eigenvalue weighted by atomic mass is 10.1. The molecule has 2 N–H and O–H groups in total. The lowest BCUT2D eigenvalue weighted by Crippen LogP contribution is -2.17. The lowest BCUT2D eigenvalue weighted by Gasteiger charge is -1.99. The van der Waals surface area contributed by atoms with Gasteiger partial charge >= 0.3 is 0 Å². The molecule has 1 atom stereocenters. The van der Waals surface area contributed by atoms with Crippen molar-refractivity contribution in [3.8, 4) is 0 Å². The highest BCUT2D eigenvalue weighted by molar-refractivity contribution is 9.10. The highest BCUT2D eigenvalue weighted by atomic mass is 79.9. The van der Waals surface area contributed by atoms with Crippen molar-refractivity contribution in [2.45, 2.75) is 19.4 Å². The zero-order valence-electron chi connectivity index (χ0n) is 7.83. The van der Waals surface area contributed by atoms with Crippen LogP contribution in [-0.2, 0) is 6.42 Å². The van der Waals surface area contributed by atoms with E-state index in [4.69, 9.17) is 10.3 Å². The van der Waals surface area contributed by atoms with Gasteiger partial charge in [-0.2, -0.15) is 0 Å². The Hall–Kier alpha value is -0.870. The molecular formula is C10H11BrN2O. The highest BCUT2D eigenvalue weighted by Gasteiger charge is 2.09. The van der Waals surface area contributed by atoms with Gasteiger partial charge in [0, 0.05) is 22.3 Å². The van der Waals surface area contributed by atoms with E-state index in [-0.39, 0.29) is 6.04 Å². The van der Waals surface area contributed by atoms with Gasteiger partial charge in [0.15, 0.2) is 0 Å². The molecule has 1 aromatic carbocycles. The van der Waals surface area contributed by atoms with Crippen molar-refractivity contribution in [2.75, 3.05) is 0 Å². The van der Waals surface area contributed by atoms with E-state index in [0.717, 1.165) is 27.6 Å². The molecular weight excluding hydrogens is 244 g/mol. The van der Waals surface area contributed by atoms with Crippen molar-refractivity contribution in [1.82, 2.24) is 5.16 Å². The first kappa shape index (κ1) is 9.68. The minimum absolute atomic E-state index is 0.0924. The summed E-state index contributed by atoms with van der Waals surface area (Å²) in [6.07, 6.45) is 0.720. The predicted molar refractivity (Wildman–Crippen MR) is 59.1 cm³/mol. The second-order valence-corrected chi connectivity index (χ2v) is 4.36. The molecule has 0 aliphatic heterocycles. The first-order chi connectivity index (χ1) is 6.66. The van der Waals surface area contributed by atoms with Crippen molar-refractivity contribution in [1.29, 1.82) is 0 Å². The first-order valence-corrected chi connectivity index (χ1v) is 5.25. The molecule has 0 saturated heterocycles. The zero-order valence-corrected chi connectivity index (χ0v) is 9.41. The summed E-state index contributed by atoms with van der Waals surface area (Å²) in [6, 6.07) is 6.00. The van der Waals surface area contributed by atoms with Gasteiger partial charge < -0.3 is 10.3 Å². The molecule has 3 nitrogen and oxygen atoms in total. The molecule has 1 heterocycles. The van der Waals surface area contributed by atoms with Gasteiger partial charge in [-0.05, 0) is 25.1 Å². The van der Waals surface area contributed by atoms with Crippen LogP contribution in [0.2, 0.25) is 0 Å². The second-order valence-electron chi connectivity index (χ2n) is 3.45. The number of nitrogens with two attached hydrogens (primary N) is 1. The Morgan fingerprint density at radius 1 is 1.57 bits per heavy atom. The number of nitrogens with zero attached hydrogens (tertiary/aromatic N) is 1. The third-order valence-electron chi connectivity index (χ3n) is 2.02. The number of aromatic nitrogens is 1. The molecule has 0 aliphatic carbocycles. The Morgan fingerprint density at radius 2 is 2.36 bits per heavy atom. The maximum absolute atomic E-state index is 5.71. The van der Waals surface area contributed by atoms with Gasteiger partial charge in [-0.3, -0.25) is 0 Å². The molecule has 0 bridgehead atoms. The number of halogens is 1. The molecule has 0 spiro atoms. The van der Waals surface area contributed by atoms with Gasteiger partial charge in [-0.1, -0.05) is 21.1 Å². The summed E-state index contributed by atoms with van der Waals surface area (Å²) in [7, 11) is 0. The van der Waals surface area contributed by atoms with Gasteiger partial charge in [0.1, 0.15) is 11.3 Å². The summed E-state index contributed by atoms with van der Waals surface area (Å²) in [4.78, 5) is 0. The van der Waals surface area contributed by atoms with Crippen LogP contribution in [0.15, 0.2) is 27.2 Å². The van der Waals surface area contributed by atoms with Gasteiger partial charge in [0.25, 0.3) is 0 Å². The predicted octanol–water partition coefficient (Wildman–Crippen LogP) is 2.48. The van der Waals surface area contributed by atoms with Crippen molar-refractivity contribution < 1.29 is 4.52 Å². The highest BCUT2D eigenvalue weighted by Crippen LogP contribution is 2.22. The third kappa shape index (κ3) is 1.81. The molecule has 14 heavy (non-hydrogen) atoms. The third-order valence-corrected chi connectivity index (χ3v) is 2.51. The van der Waals surface area contributed by atoms with Crippen LogP contribution in [0, 0.1) is 0 Å². The van der Waals surface area contributed by atoms with E-state index in [9.17, 15) is 0 Å². The fourth-order valence-corrected chi connectivity index (χ4v) is 1.76. The number of hydrogen-bond acceptors (Lipinski definition) is 3. The molecule has 0 aliphatic rings. The number of benzene rings is 1. The van der Waals surface area contributed by atoms with E-state index in [1.54, 1.807) is 0 Å². The number of fused-ring (bicyclic) bond motifs is 1. The number of hydrogen-bond donors (Lipinski definition) is 1. The molecule has 2 aromatic rings. The Morgan fingerprint density at radius 3 is 3.07 bits per heavy atom. The minimum Gasteiger partial charge on any atom is -0.360 e. The van der Waals surface area contributed by atoms with E-state index < -0.39 is 0 Å². The topological polar surface area (TPSA) is 52.0 Å². The Balaban J connectivity index is 2.47. The molecule has 1 aromatic heterocycles. The summed E-state index contributed by atoms with van der Waals surface area (Å²) in [5, 5.41) is 5.02. The van der Waals surface area contributed by atoms with Crippen molar-refractivity contribution in [3.05, 3.63) is 28.4 Å². The van der Waals surface area contributed by atoms with E-state index >= 15 is 0 Å². The molecule has 74 valence electrons. The van der Waals surface area contributed by atoms with Crippen LogP contribution in [0.1, 0.15) is 12.7 Å². The Kier molecular flexibility index (Phi) is 2.56. The number of rotatable bonds is 2. The maximum Gasteiger partial charge on any atom is 0.146 e. The Labute approximate surface area is 90.4 Å². The van der Waals surface area contributed by atoms with Crippen molar-refractivity contribution in [3.63, 3.8) is 0 Å². The smallest absolute Gasteiger partial charge is 0.146 e. The molecule has 0 saturated carbocycles. The molecule has 0 amide bonds. The van der Waals surface area contributed by atoms with E-state index in [0.29, 0.717) is 0 Å². The summed E-state index contributed by atoms with van der Waals surface area (Å²) < 4.78 is 6.24. The van der Waals surface area contributed by atoms with Crippen LogP contribution < -0.4 is 5.73 Å². The van der Waals surface area contributed by atoms with Crippen LogP contribution in [0.5, 0.6) is 0 Å². The summed E-state index contributed by atoms with van der Waals surface area (Å²) in [5.41, 5.74) is 6.58. The van der Waals surface area contributed by atoms with E-state index in [2.05, 4.69) is 21.1 Å². The van der Waals surface area contributed by atoms with E-state index in [1.165, 1.54) is 0 Å². The van der Waals surface area contributed by atoms with Gasteiger partial charge in [-0.15, -0.1) is 0 Å². The lowest BCUT2D eigenvalue weighted by molar-refractivity contribution is 0.384. The average Bonchev–Trinajstić information content (AvgIpc) is 2.47. The molecule has 0 radical (unpaired) electrons. The van der Waals surface area contributed by atoms with Gasteiger partial charge in [-0.25, -0.2) is 0 Å². The summed E-state index contributed by atoms with van der Waals surface area (Å²) >= 11 is 3.39. The van der Waals surface area contributed by atoms with Crippen LogP contribution in [-0.4, -0.2) is 11.2 Å². The standard InChI is InChI=1S/C10H11BrN2O/c1-6(12)4-10-8-3-2-7(11)5-9(8)13-14-10/h2-3,5-6H,4,12H2,1H3. The molecule has 4 heteroatoms. The van der Waals surface area contributed by atoms with Crippen molar-refractivity contribution >= 4 is 26.8 Å². The summed E-state index contributed by atoms with van der Waals surface area (Å²) in [6.45, 7) is 1.95. The van der Waals surface area contributed by atoms with Gasteiger partial charge in [0.2, 0.25) is 0 Å².